The fourth-order valence-corrected chi connectivity index (χ4v) is 3.87. The summed E-state index contributed by atoms with van der Waals surface area (Å²) < 4.78 is 0. The number of nitrogens with two attached hydrogens (primary N) is 1. The molecule has 2 N–H and O–H groups in total. The first-order chi connectivity index (χ1) is 9.64. The fraction of sp³-hybridized carbons (Fsp3) is 0.706. The van der Waals surface area contributed by atoms with Gasteiger partial charge in [0.15, 0.2) is 0 Å². The van der Waals surface area contributed by atoms with E-state index >= 15 is 0 Å². The smallest absolute Gasteiger partial charge is 0.0544 e. The molecule has 1 fully saturated rings. The Bertz CT molecular complexity index is 406. The maximum Gasteiger partial charge on any atom is 0.0544 e. The quantitative estimate of drug-likeness (QED) is 0.898. The van der Waals surface area contributed by atoms with Gasteiger partial charge in [-0.2, -0.15) is 0 Å². The first-order valence-electron chi connectivity index (χ1n) is 7.99. The summed E-state index contributed by atoms with van der Waals surface area (Å²) in [6.45, 7) is 9.70. The van der Waals surface area contributed by atoms with Gasteiger partial charge in [0, 0.05) is 24.8 Å². The molecule has 1 aliphatic carbocycles. The van der Waals surface area contributed by atoms with Crippen LogP contribution in [0.15, 0.2) is 24.4 Å². The predicted molar refractivity (Wildman–Crippen MR) is 84.3 cm³/mol. The molecule has 3 atom stereocenters. The van der Waals surface area contributed by atoms with Gasteiger partial charge < -0.3 is 5.73 Å². The van der Waals surface area contributed by atoms with Gasteiger partial charge in [0.05, 0.1) is 5.69 Å². The van der Waals surface area contributed by atoms with Crippen molar-refractivity contribution in [3.8, 4) is 0 Å². The summed E-state index contributed by atoms with van der Waals surface area (Å²) in [5.74, 6) is 1.40. The molecule has 1 aromatic heterocycles. The largest absolute Gasteiger partial charge is 0.329 e. The molecule has 1 saturated carbocycles. The minimum absolute atomic E-state index is 0.143. The Hall–Kier alpha value is -0.930. The topological polar surface area (TPSA) is 42.2 Å². The lowest BCUT2D eigenvalue weighted by Crippen LogP contribution is -2.60. The molecule has 1 aliphatic rings. The highest BCUT2D eigenvalue weighted by molar-refractivity contribution is 5.07. The van der Waals surface area contributed by atoms with Crippen LogP contribution in [0.2, 0.25) is 0 Å². The highest BCUT2D eigenvalue weighted by atomic mass is 15.2. The Morgan fingerprint density at radius 2 is 2.20 bits per heavy atom. The molecule has 0 aromatic carbocycles. The lowest BCUT2D eigenvalue weighted by molar-refractivity contribution is -0.0140. The molecule has 112 valence electrons. The van der Waals surface area contributed by atoms with E-state index in [-0.39, 0.29) is 5.54 Å². The Balaban J connectivity index is 2.22. The van der Waals surface area contributed by atoms with Crippen molar-refractivity contribution in [2.75, 3.05) is 13.1 Å². The Morgan fingerprint density at radius 1 is 1.40 bits per heavy atom. The molecule has 3 nitrogen and oxygen atoms in total. The van der Waals surface area contributed by atoms with Crippen LogP contribution in [0.3, 0.4) is 0 Å². The lowest BCUT2D eigenvalue weighted by atomic mass is 9.67. The molecule has 2 rings (SSSR count). The molecule has 0 spiro atoms. The average Bonchev–Trinajstić information content (AvgIpc) is 2.49. The molecule has 0 saturated heterocycles. The van der Waals surface area contributed by atoms with E-state index in [2.05, 4.69) is 42.8 Å². The summed E-state index contributed by atoms with van der Waals surface area (Å²) in [6, 6.07) is 6.16. The molecule has 3 heteroatoms. The van der Waals surface area contributed by atoms with Gasteiger partial charge in [-0.15, -0.1) is 0 Å². The van der Waals surface area contributed by atoms with E-state index in [1.165, 1.54) is 19.3 Å². The highest BCUT2D eigenvalue weighted by Crippen LogP contribution is 2.41. The Kier molecular flexibility index (Phi) is 5.17. The predicted octanol–water partition coefficient (Wildman–Crippen LogP) is 3.06. The van der Waals surface area contributed by atoms with Gasteiger partial charge in [-0.25, -0.2) is 0 Å². The van der Waals surface area contributed by atoms with Crippen molar-refractivity contribution >= 4 is 0 Å². The van der Waals surface area contributed by atoms with E-state index in [0.717, 1.165) is 31.2 Å². The van der Waals surface area contributed by atoms with E-state index < -0.39 is 0 Å². The second-order valence-electron chi connectivity index (χ2n) is 6.30. The van der Waals surface area contributed by atoms with Gasteiger partial charge >= 0.3 is 0 Å². The molecule has 0 bridgehead atoms. The van der Waals surface area contributed by atoms with E-state index in [1.54, 1.807) is 0 Å². The average molecular weight is 275 g/mol. The van der Waals surface area contributed by atoms with Crippen molar-refractivity contribution in [2.24, 2.45) is 17.6 Å². The van der Waals surface area contributed by atoms with Crippen LogP contribution >= 0.6 is 0 Å². The van der Waals surface area contributed by atoms with Crippen molar-refractivity contribution in [3.63, 3.8) is 0 Å². The van der Waals surface area contributed by atoms with Gasteiger partial charge in [-0.05, 0) is 36.9 Å². The Labute approximate surface area is 123 Å². The standard InChI is InChI=1S/C17H29N3/c1-4-20(12-16-9-5-6-11-19-16)17(13-18)10-7-8-14(2)15(17)3/h5-6,9,11,14-15H,4,7-8,10,12-13,18H2,1-3H3. The number of pyridine rings is 1. The molecule has 1 heterocycles. The van der Waals surface area contributed by atoms with E-state index in [9.17, 15) is 0 Å². The molecular formula is C17H29N3. The van der Waals surface area contributed by atoms with Crippen LogP contribution in [0, 0.1) is 11.8 Å². The van der Waals surface area contributed by atoms with Crippen LogP contribution in [-0.2, 0) is 6.54 Å². The Morgan fingerprint density at radius 3 is 2.80 bits per heavy atom. The van der Waals surface area contributed by atoms with Crippen molar-refractivity contribution in [3.05, 3.63) is 30.1 Å². The summed E-state index contributed by atoms with van der Waals surface area (Å²) in [5, 5.41) is 0. The zero-order chi connectivity index (χ0) is 14.6. The normalized spacial score (nSPS) is 30.6. The van der Waals surface area contributed by atoms with Gasteiger partial charge in [-0.3, -0.25) is 9.88 Å². The zero-order valence-electron chi connectivity index (χ0n) is 13.2. The lowest BCUT2D eigenvalue weighted by Gasteiger charge is -2.52. The molecular weight excluding hydrogens is 246 g/mol. The molecule has 0 radical (unpaired) electrons. The zero-order valence-corrected chi connectivity index (χ0v) is 13.2. The molecule has 0 amide bonds. The van der Waals surface area contributed by atoms with Crippen molar-refractivity contribution in [2.45, 2.75) is 52.1 Å². The number of rotatable bonds is 5. The SMILES string of the molecule is CCN(Cc1ccccn1)C1(CN)CCCC(C)C1C. The summed E-state index contributed by atoms with van der Waals surface area (Å²) >= 11 is 0. The van der Waals surface area contributed by atoms with E-state index in [1.807, 2.05) is 12.3 Å². The highest BCUT2D eigenvalue weighted by Gasteiger charge is 2.44. The third kappa shape index (κ3) is 2.89. The maximum atomic E-state index is 6.26. The third-order valence-corrected chi connectivity index (χ3v) is 5.41. The number of aromatic nitrogens is 1. The fourth-order valence-electron chi connectivity index (χ4n) is 3.87. The first-order valence-corrected chi connectivity index (χ1v) is 7.99. The summed E-state index contributed by atoms with van der Waals surface area (Å²) in [5.41, 5.74) is 7.55. The first kappa shape index (κ1) is 15.5. The molecule has 20 heavy (non-hydrogen) atoms. The van der Waals surface area contributed by atoms with Crippen LogP contribution < -0.4 is 5.73 Å². The summed E-state index contributed by atoms with van der Waals surface area (Å²) in [7, 11) is 0. The van der Waals surface area contributed by atoms with Crippen LogP contribution in [0.1, 0.15) is 45.7 Å². The second kappa shape index (κ2) is 6.68. The maximum absolute atomic E-state index is 6.26. The van der Waals surface area contributed by atoms with Crippen LogP contribution in [0.5, 0.6) is 0 Å². The number of hydrogen-bond acceptors (Lipinski definition) is 3. The summed E-state index contributed by atoms with van der Waals surface area (Å²) in [4.78, 5) is 7.05. The van der Waals surface area contributed by atoms with Crippen LogP contribution in [0.4, 0.5) is 0 Å². The summed E-state index contributed by atoms with van der Waals surface area (Å²) in [6.07, 6.45) is 5.73. The number of nitrogens with zero attached hydrogens (tertiary/aromatic N) is 2. The van der Waals surface area contributed by atoms with Gasteiger partial charge in [0.25, 0.3) is 0 Å². The number of hydrogen-bond donors (Lipinski definition) is 1. The second-order valence-corrected chi connectivity index (χ2v) is 6.30. The van der Waals surface area contributed by atoms with Crippen molar-refractivity contribution in [1.29, 1.82) is 0 Å². The van der Waals surface area contributed by atoms with E-state index in [4.69, 9.17) is 5.73 Å². The number of likely N-dealkylation sites (N-methyl/N-ethyl adjacent to an activating group) is 1. The van der Waals surface area contributed by atoms with Crippen molar-refractivity contribution < 1.29 is 0 Å². The molecule has 0 aliphatic heterocycles. The van der Waals surface area contributed by atoms with E-state index in [0.29, 0.717) is 5.92 Å². The van der Waals surface area contributed by atoms with Crippen molar-refractivity contribution in [1.82, 2.24) is 9.88 Å². The van der Waals surface area contributed by atoms with Gasteiger partial charge in [0.1, 0.15) is 0 Å². The molecule has 1 aromatic rings. The molecule has 3 unspecified atom stereocenters. The van der Waals surface area contributed by atoms with Gasteiger partial charge in [0.2, 0.25) is 0 Å². The minimum Gasteiger partial charge on any atom is -0.329 e. The monoisotopic (exact) mass is 275 g/mol. The van der Waals surface area contributed by atoms with Crippen LogP contribution in [0.25, 0.3) is 0 Å². The minimum atomic E-state index is 0.143. The third-order valence-electron chi connectivity index (χ3n) is 5.41. The van der Waals surface area contributed by atoms with Crippen LogP contribution in [-0.4, -0.2) is 28.5 Å². The van der Waals surface area contributed by atoms with Gasteiger partial charge in [-0.1, -0.05) is 39.7 Å².